The van der Waals surface area contributed by atoms with Crippen LogP contribution in [0.1, 0.15) is 31.1 Å². The highest BCUT2D eigenvalue weighted by atomic mass is 35.5. The van der Waals surface area contributed by atoms with Gasteiger partial charge in [-0.05, 0) is 39.0 Å². The number of hydrazine groups is 1. The van der Waals surface area contributed by atoms with Crippen LogP contribution in [0.15, 0.2) is 18.2 Å². The maximum absolute atomic E-state index is 11.9. The van der Waals surface area contributed by atoms with Crippen molar-refractivity contribution in [3.63, 3.8) is 0 Å². The summed E-state index contributed by atoms with van der Waals surface area (Å²) in [6.45, 7) is 5.60. The summed E-state index contributed by atoms with van der Waals surface area (Å²) in [5, 5.41) is 0.805. The molecule has 0 aromatic heterocycles. The predicted molar refractivity (Wildman–Crippen MR) is 71.4 cm³/mol. The molecule has 0 saturated carbocycles. The summed E-state index contributed by atoms with van der Waals surface area (Å²) in [6.07, 6.45) is 0. The lowest BCUT2D eigenvalue weighted by Gasteiger charge is -2.28. The first kappa shape index (κ1) is 14.6. The van der Waals surface area contributed by atoms with Crippen LogP contribution in [0.3, 0.4) is 0 Å². The topological polar surface area (TPSA) is 32.3 Å². The van der Waals surface area contributed by atoms with E-state index in [0.717, 1.165) is 0 Å². The maximum atomic E-state index is 11.9. The van der Waals surface area contributed by atoms with Gasteiger partial charge in [-0.15, -0.1) is 4.53 Å². The minimum atomic E-state index is -0.389. The third kappa shape index (κ3) is 4.36. The predicted octanol–water partition coefficient (Wildman–Crippen LogP) is 3.89. The first-order valence-corrected chi connectivity index (χ1v) is 6.02. The SMILES string of the molecule is CC(C)(C)N(Cl)NC(=O)c1cc(Cl)cc(Cl)c1. The molecule has 0 radical (unpaired) electrons. The third-order valence-electron chi connectivity index (χ3n) is 1.91. The Hall–Kier alpha value is -0.480. The number of amides is 1. The zero-order valence-corrected chi connectivity index (χ0v) is 12.0. The molecule has 0 aliphatic rings. The molecule has 0 saturated heterocycles. The molecule has 1 aromatic rings. The fourth-order valence-electron chi connectivity index (χ4n) is 1.01. The van der Waals surface area contributed by atoms with Crippen molar-refractivity contribution >= 4 is 40.9 Å². The second kappa shape index (κ2) is 5.44. The summed E-state index contributed by atoms with van der Waals surface area (Å²) in [6, 6.07) is 4.61. The van der Waals surface area contributed by atoms with E-state index in [1.54, 1.807) is 6.07 Å². The van der Waals surface area contributed by atoms with Crippen molar-refractivity contribution < 1.29 is 4.79 Å². The van der Waals surface area contributed by atoms with Crippen molar-refractivity contribution in [3.8, 4) is 0 Å². The van der Waals surface area contributed by atoms with Gasteiger partial charge in [-0.25, -0.2) is 0 Å². The summed E-state index contributed by atoms with van der Waals surface area (Å²) in [4.78, 5) is 11.9. The molecule has 1 aromatic carbocycles. The zero-order chi connectivity index (χ0) is 13.2. The van der Waals surface area contributed by atoms with E-state index in [2.05, 4.69) is 5.43 Å². The monoisotopic (exact) mass is 294 g/mol. The molecule has 0 aliphatic carbocycles. The first-order chi connectivity index (χ1) is 7.70. The Balaban J connectivity index is 2.84. The van der Waals surface area contributed by atoms with Crippen LogP contribution in [0, 0.1) is 0 Å². The van der Waals surface area contributed by atoms with Gasteiger partial charge < -0.3 is 0 Å². The first-order valence-electron chi connectivity index (χ1n) is 4.93. The van der Waals surface area contributed by atoms with Crippen LogP contribution in [0.25, 0.3) is 0 Å². The van der Waals surface area contributed by atoms with Gasteiger partial charge >= 0.3 is 0 Å². The van der Waals surface area contributed by atoms with Crippen LogP contribution < -0.4 is 5.43 Å². The lowest BCUT2D eigenvalue weighted by atomic mass is 10.1. The lowest BCUT2D eigenvalue weighted by Crippen LogP contribution is -2.46. The molecule has 0 heterocycles. The molecule has 1 N–H and O–H groups in total. The lowest BCUT2D eigenvalue weighted by molar-refractivity contribution is 0.0806. The van der Waals surface area contributed by atoms with Gasteiger partial charge in [-0.1, -0.05) is 23.2 Å². The van der Waals surface area contributed by atoms with Crippen molar-refractivity contribution in [2.24, 2.45) is 0 Å². The van der Waals surface area contributed by atoms with Crippen LogP contribution >= 0.6 is 35.0 Å². The molecular weight excluding hydrogens is 282 g/mol. The van der Waals surface area contributed by atoms with E-state index in [4.69, 9.17) is 35.0 Å². The second-order valence-corrected chi connectivity index (χ2v) is 5.76. The number of carbonyl (C=O) groups is 1. The Morgan fingerprint density at radius 1 is 1.18 bits per heavy atom. The average Bonchev–Trinajstić information content (AvgIpc) is 2.14. The Labute approximate surface area is 116 Å². The van der Waals surface area contributed by atoms with Gasteiger partial charge in [0.2, 0.25) is 0 Å². The van der Waals surface area contributed by atoms with Crippen molar-refractivity contribution in [1.29, 1.82) is 0 Å². The molecule has 94 valence electrons. The molecule has 0 atom stereocenters. The van der Waals surface area contributed by atoms with Crippen LogP contribution in [0.2, 0.25) is 10.0 Å². The number of benzene rings is 1. The molecule has 6 heteroatoms. The number of hydrogen-bond donors (Lipinski definition) is 1. The van der Waals surface area contributed by atoms with Crippen LogP contribution in [0.4, 0.5) is 0 Å². The number of rotatable bonds is 2. The summed E-state index contributed by atoms with van der Waals surface area (Å²) in [5.41, 5.74) is 2.50. The van der Waals surface area contributed by atoms with Gasteiger partial charge in [0.1, 0.15) is 0 Å². The van der Waals surface area contributed by atoms with Crippen LogP contribution in [-0.4, -0.2) is 16.0 Å². The zero-order valence-electron chi connectivity index (χ0n) is 9.72. The third-order valence-corrected chi connectivity index (χ3v) is 2.94. The highest BCUT2D eigenvalue weighted by Gasteiger charge is 2.22. The molecule has 0 fully saturated rings. The quantitative estimate of drug-likeness (QED) is 0.663. The van der Waals surface area contributed by atoms with Crippen molar-refractivity contribution in [2.75, 3.05) is 0 Å². The maximum Gasteiger partial charge on any atom is 0.266 e. The Kier molecular flexibility index (Phi) is 4.67. The fraction of sp³-hybridized carbons (Fsp3) is 0.364. The molecule has 3 nitrogen and oxygen atoms in total. The van der Waals surface area contributed by atoms with E-state index in [9.17, 15) is 4.79 Å². The highest BCUT2D eigenvalue weighted by Crippen LogP contribution is 2.20. The van der Waals surface area contributed by atoms with E-state index in [1.807, 2.05) is 20.8 Å². The number of nitrogens with one attached hydrogen (secondary N) is 1. The van der Waals surface area contributed by atoms with Crippen LogP contribution in [0.5, 0.6) is 0 Å². The smallest absolute Gasteiger partial charge is 0.266 e. The molecule has 0 spiro atoms. The molecule has 1 rings (SSSR count). The minimum absolute atomic E-state index is 0.359. The van der Waals surface area contributed by atoms with Crippen molar-refractivity contribution in [2.45, 2.75) is 26.3 Å². The molecule has 17 heavy (non-hydrogen) atoms. The number of carbonyl (C=O) groups excluding carboxylic acids is 1. The van der Waals surface area contributed by atoms with E-state index in [0.29, 0.717) is 15.6 Å². The van der Waals surface area contributed by atoms with Crippen molar-refractivity contribution in [1.82, 2.24) is 9.95 Å². The van der Waals surface area contributed by atoms with Gasteiger partial charge in [0.25, 0.3) is 5.91 Å². The fourth-order valence-corrected chi connectivity index (χ4v) is 1.61. The molecule has 0 unspecified atom stereocenters. The van der Waals surface area contributed by atoms with Gasteiger partial charge in [-0.2, -0.15) is 0 Å². The molecular formula is C11H13Cl3N2O. The molecule has 1 amide bonds. The minimum Gasteiger partial charge on any atom is -0.270 e. The summed E-state index contributed by atoms with van der Waals surface area (Å²) < 4.78 is 1.21. The van der Waals surface area contributed by atoms with Gasteiger partial charge in [0.15, 0.2) is 0 Å². The standard InChI is InChI=1S/C11H13Cl3N2O/c1-11(2,3)16(14)15-10(17)7-4-8(12)6-9(13)5-7/h4-6H,1-3H3,(H,15,17). The normalized spacial score (nSPS) is 11.7. The summed E-state index contributed by atoms with van der Waals surface area (Å²) in [7, 11) is 0. The van der Waals surface area contributed by atoms with Crippen LogP contribution in [-0.2, 0) is 0 Å². The summed E-state index contributed by atoms with van der Waals surface area (Å²) in [5.74, 6) is -0.362. The van der Waals surface area contributed by atoms with Gasteiger partial charge in [0.05, 0.1) is 0 Å². The second-order valence-electron chi connectivity index (χ2n) is 4.55. The Morgan fingerprint density at radius 3 is 2.06 bits per heavy atom. The van der Waals surface area contributed by atoms with Crippen molar-refractivity contribution in [3.05, 3.63) is 33.8 Å². The largest absolute Gasteiger partial charge is 0.270 e. The van der Waals surface area contributed by atoms with Gasteiger partial charge in [0, 0.05) is 32.9 Å². The van der Waals surface area contributed by atoms with E-state index < -0.39 is 0 Å². The van der Waals surface area contributed by atoms with Gasteiger partial charge in [-0.3, -0.25) is 10.2 Å². The highest BCUT2D eigenvalue weighted by molar-refractivity contribution is 6.35. The number of nitrogens with zero attached hydrogens (tertiary/aromatic N) is 1. The molecule has 0 aliphatic heterocycles. The van der Waals surface area contributed by atoms with E-state index >= 15 is 0 Å². The Morgan fingerprint density at radius 2 is 1.65 bits per heavy atom. The average molecular weight is 296 g/mol. The molecule has 0 bridgehead atoms. The Bertz CT molecular complexity index is 409. The number of halogens is 3. The summed E-state index contributed by atoms with van der Waals surface area (Å²) >= 11 is 17.5. The van der Waals surface area contributed by atoms with E-state index in [-0.39, 0.29) is 11.4 Å². The number of hydrogen-bond acceptors (Lipinski definition) is 2. The van der Waals surface area contributed by atoms with E-state index in [1.165, 1.54) is 16.7 Å².